The van der Waals surface area contributed by atoms with Gasteiger partial charge in [-0.1, -0.05) is 31.2 Å². The van der Waals surface area contributed by atoms with Gasteiger partial charge in [0.1, 0.15) is 18.1 Å². The van der Waals surface area contributed by atoms with Gasteiger partial charge in [0.2, 0.25) is 0 Å². The topological polar surface area (TPSA) is 38.7 Å². The highest BCUT2D eigenvalue weighted by atomic mass is 16.5. The number of terminal acetylenes is 1. The maximum atomic E-state index is 9.56. The lowest BCUT2D eigenvalue weighted by Crippen LogP contribution is -2.16. The molecule has 0 spiro atoms. The first-order valence-corrected chi connectivity index (χ1v) is 8.26. The van der Waals surface area contributed by atoms with Crippen molar-refractivity contribution in [2.24, 2.45) is 0 Å². The average Bonchev–Trinajstić information content (AvgIpc) is 2.61. The van der Waals surface area contributed by atoms with E-state index in [1.807, 2.05) is 36.4 Å². The fourth-order valence-corrected chi connectivity index (χ4v) is 2.25. The van der Waals surface area contributed by atoms with Crippen LogP contribution >= 0.6 is 0 Å². The monoisotopic (exact) mass is 324 g/mol. The molecule has 0 bridgehead atoms. The number of ether oxygens (including phenoxy) is 2. The largest absolute Gasteiger partial charge is 0.494 e. The molecule has 0 fully saturated rings. The molecule has 3 heteroatoms. The molecule has 2 rings (SSSR count). The molecule has 0 amide bonds. The lowest BCUT2D eigenvalue weighted by atomic mass is 10.0. The molecule has 2 aromatic carbocycles. The molecule has 3 nitrogen and oxygen atoms in total. The molecular weight excluding hydrogens is 300 g/mol. The molecule has 1 N–H and O–H groups in total. The molecule has 0 radical (unpaired) electrons. The lowest BCUT2D eigenvalue weighted by Gasteiger charge is -2.10. The minimum absolute atomic E-state index is 0.211. The van der Waals surface area contributed by atoms with Crippen LogP contribution in [-0.4, -0.2) is 24.4 Å². The second-order valence-corrected chi connectivity index (χ2v) is 5.69. The summed E-state index contributed by atoms with van der Waals surface area (Å²) >= 11 is 0. The highest BCUT2D eigenvalue weighted by Crippen LogP contribution is 2.18. The van der Waals surface area contributed by atoms with E-state index in [0.717, 1.165) is 30.9 Å². The first-order chi connectivity index (χ1) is 11.7. The number of rotatable bonds is 9. The van der Waals surface area contributed by atoms with Crippen LogP contribution in [0.5, 0.6) is 11.5 Å². The van der Waals surface area contributed by atoms with Crippen LogP contribution in [0.15, 0.2) is 48.5 Å². The molecule has 0 saturated heterocycles. The van der Waals surface area contributed by atoms with E-state index in [-0.39, 0.29) is 6.61 Å². The average molecular weight is 324 g/mol. The summed E-state index contributed by atoms with van der Waals surface area (Å²) in [7, 11) is 0. The molecule has 0 saturated carbocycles. The maximum Gasteiger partial charge on any atom is 0.119 e. The van der Waals surface area contributed by atoms with Gasteiger partial charge in [-0.2, -0.15) is 0 Å². The normalized spacial score (nSPS) is 11.5. The standard InChI is InChI=1S/C21H24O3/c1-3-5-19(22)16-24-21-12-8-18(9-13-21)15-17-6-10-20(11-7-17)23-14-4-2/h1,6-13,19,22H,4-5,14-16H2,2H3. The van der Waals surface area contributed by atoms with E-state index < -0.39 is 6.10 Å². The van der Waals surface area contributed by atoms with Gasteiger partial charge in [0, 0.05) is 6.42 Å². The van der Waals surface area contributed by atoms with Crippen molar-refractivity contribution >= 4 is 0 Å². The summed E-state index contributed by atoms with van der Waals surface area (Å²) < 4.78 is 11.1. The van der Waals surface area contributed by atoms with Gasteiger partial charge in [0.15, 0.2) is 0 Å². The van der Waals surface area contributed by atoms with Crippen LogP contribution in [0.1, 0.15) is 30.9 Å². The number of hydrogen-bond donors (Lipinski definition) is 1. The van der Waals surface area contributed by atoms with Gasteiger partial charge in [0.05, 0.1) is 12.7 Å². The van der Waals surface area contributed by atoms with Crippen LogP contribution in [0.3, 0.4) is 0 Å². The summed E-state index contributed by atoms with van der Waals surface area (Å²) in [6, 6.07) is 16.1. The first kappa shape index (κ1) is 17.9. The van der Waals surface area contributed by atoms with Crippen LogP contribution in [0, 0.1) is 12.3 Å². The Morgan fingerprint density at radius 2 is 1.50 bits per heavy atom. The fourth-order valence-electron chi connectivity index (χ4n) is 2.25. The zero-order valence-electron chi connectivity index (χ0n) is 14.1. The summed E-state index contributed by atoms with van der Waals surface area (Å²) in [5.41, 5.74) is 2.44. The predicted molar refractivity (Wildman–Crippen MR) is 96.4 cm³/mol. The first-order valence-electron chi connectivity index (χ1n) is 8.26. The van der Waals surface area contributed by atoms with Crippen molar-refractivity contribution in [3.8, 4) is 23.8 Å². The van der Waals surface area contributed by atoms with E-state index in [9.17, 15) is 5.11 Å². The predicted octanol–water partition coefficient (Wildman–Crippen LogP) is 3.83. The quantitative estimate of drug-likeness (QED) is 0.713. The Hall–Kier alpha value is -2.44. The number of benzene rings is 2. The van der Waals surface area contributed by atoms with Gasteiger partial charge in [-0.3, -0.25) is 0 Å². The number of hydrogen-bond acceptors (Lipinski definition) is 3. The highest BCUT2D eigenvalue weighted by molar-refractivity contribution is 5.34. The van der Waals surface area contributed by atoms with Crippen LogP contribution in [-0.2, 0) is 6.42 Å². The van der Waals surface area contributed by atoms with E-state index in [0.29, 0.717) is 6.42 Å². The highest BCUT2D eigenvalue weighted by Gasteiger charge is 2.04. The van der Waals surface area contributed by atoms with Gasteiger partial charge in [-0.15, -0.1) is 12.3 Å². The summed E-state index contributed by atoms with van der Waals surface area (Å²) in [6.45, 7) is 3.05. The minimum atomic E-state index is -0.622. The van der Waals surface area contributed by atoms with Gasteiger partial charge < -0.3 is 14.6 Å². The van der Waals surface area contributed by atoms with Gasteiger partial charge >= 0.3 is 0 Å². The van der Waals surface area contributed by atoms with Crippen molar-refractivity contribution in [1.82, 2.24) is 0 Å². The van der Waals surface area contributed by atoms with Crippen molar-refractivity contribution in [1.29, 1.82) is 0 Å². The Morgan fingerprint density at radius 1 is 0.958 bits per heavy atom. The summed E-state index contributed by atoms with van der Waals surface area (Å²) in [5, 5.41) is 9.56. The van der Waals surface area contributed by atoms with Crippen molar-refractivity contribution in [3.05, 3.63) is 59.7 Å². The molecule has 1 atom stereocenters. The molecule has 0 heterocycles. The molecular formula is C21H24O3. The molecule has 126 valence electrons. The van der Waals surface area contributed by atoms with E-state index in [2.05, 4.69) is 25.0 Å². The Morgan fingerprint density at radius 3 is 2.00 bits per heavy atom. The number of aliphatic hydroxyl groups excluding tert-OH is 1. The zero-order valence-corrected chi connectivity index (χ0v) is 14.1. The third-order valence-corrected chi connectivity index (χ3v) is 3.52. The Bertz CT molecular complexity index is 638. The molecule has 2 aromatic rings. The summed E-state index contributed by atoms with van der Waals surface area (Å²) in [6.07, 6.45) is 6.70. The Kier molecular flexibility index (Phi) is 7.20. The SMILES string of the molecule is C#CCC(O)COc1ccc(Cc2ccc(OCCC)cc2)cc1. The van der Waals surface area contributed by atoms with E-state index in [1.54, 1.807) is 0 Å². The third kappa shape index (κ3) is 5.98. The van der Waals surface area contributed by atoms with Crippen LogP contribution in [0.4, 0.5) is 0 Å². The number of aliphatic hydroxyl groups is 1. The third-order valence-electron chi connectivity index (χ3n) is 3.52. The summed E-state index contributed by atoms with van der Waals surface area (Å²) in [4.78, 5) is 0. The van der Waals surface area contributed by atoms with E-state index in [4.69, 9.17) is 15.9 Å². The van der Waals surface area contributed by atoms with Crippen molar-refractivity contribution in [2.75, 3.05) is 13.2 Å². The lowest BCUT2D eigenvalue weighted by molar-refractivity contribution is 0.111. The van der Waals surface area contributed by atoms with Crippen LogP contribution in [0.2, 0.25) is 0 Å². The smallest absolute Gasteiger partial charge is 0.119 e. The van der Waals surface area contributed by atoms with Crippen LogP contribution in [0.25, 0.3) is 0 Å². The Balaban J connectivity index is 1.86. The molecule has 0 aliphatic heterocycles. The fraction of sp³-hybridized carbons (Fsp3) is 0.333. The molecule has 0 aliphatic rings. The second-order valence-electron chi connectivity index (χ2n) is 5.69. The van der Waals surface area contributed by atoms with E-state index in [1.165, 1.54) is 11.1 Å². The molecule has 0 aliphatic carbocycles. The Labute approximate surface area is 144 Å². The molecule has 24 heavy (non-hydrogen) atoms. The minimum Gasteiger partial charge on any atom is -0.494 e. The molecule has 1 unspecified atom stereocenters. The van der Waals surface area contributed by atoms with Gasteiger partial charge in [-0.05, 0) is 48.2 Å². The van der Waals surface area contributed by atoms with Crippen molar-refractivity contribution < 1.29 is 14.6 Å². The van der Waals surface area contributed by atoms with Gasteiger partial charge in [-0.25, -0.2) is 0 Å². The van der Waals surface area contributed by atoms with Crippen molar-refractivity contribution in [3.63, 3.8) is 0 Å². The maximum absolute atomic E-state index is 9.56. The summed E-state index contributed by atoms with van der Waals surface area (Å²) in [5.74, 6) is 4.06. The van der Waals surface area contributed by atoms with Crippen molar-refractivity contribution in [2.45, 2.75) is 32.3 Å². The zero-order chi connectivity index (χ0) is 17.2. The molecule has 0 aromatic heterocycles. The van der Waals surface area contributed by atoms with Gasteiger partial charge in [0.25, 0.3) is 0 Å². The van der Waals surface area contributed by atoms with E-state index >= 15 is 0 Å². The van der Waals surface area contributed by atoms with Crippen LogP contribution < -0.4 is 9.47 Å². The second kappa shape index (κ2) is 9.64.